The van der Waals surface area contributed by atoms with Crippen LogP contribution in [0.5, 0.6) is 17.2 Å². The van der Waals surface area contributed by atoms with E-state index in [4.69, 9.17) is 9.47 Å². The highest BCUT2D eigenvalue weighted by Crippen LogP contribution is 2.50. The van der Waals surface area contributed by atoms with Gasteiger partial charge in [0.15, 0.2) is 11.5 Å². The molecule has 4 aromatic rings. The van der Waals surface area contributed by atoms with Gasteiger partial charge in [-0.05, 0) is 54.6 Å². The van der Waals surface area contributed by atoms with E-state index in [9.17, 15) is 9.59 Å². The summed E-state index contributed by atoms with van der Waals surface area (Å²) in [6, 6.07) is 28.0. The predicted octanol–water partition coefficient (Wildman–Crippen LogP) is 6.07. The van der Waals surface area contributed by atoms with E-state index in [1.165, 1.54) is 12.0 Å². The van der Waals surface area contributed by atoms with Crippen molar-refractivity contribution < 1.29 is 19.1 Å². The van der Waals surface area contributed by atoms with Gasteiger partial charge in [0.2, 0.25) is 0 Å². The number of hydrogen-bond donors (Lipinski definition) is 0. The lowest BCUT2D eigenvalue weighted by atomic mass is 10.1. The van der Waals surface area contributed by atoms with E-state index in [1.807, 2.05) is 66.7 Å². The third-order valence-electron chi connectivity index (χ3n) is 5.87. The van der Waals surface area contributed by atoms with Crippen molar-refractivity contribution in [2.24, 2.45) is 0 Å². The fraction of sp³-hybridized carbons (Fsp3) is 0.0370. The number of carbonyl (C=O) groups is 2. The lowest BCUT2D eigenvalue weighted by Crippen LogP contribution is -2.29. The molecule has 0 saturated carbocycles. The van der Waals surface area contributed by atoms with E-state index in [0.29, 0.717) is 17.0 Å². The van der Waals surface area contributed by atoms with Gasteiger partial charge in [-0.25, -0.2) is 4.90 Å². The number of imide groups is 1. The lowest BCUT2D eigenvalue weighted by molar-refractivity contribution is 0.0925. The average Bonchev–Trinajstić information content (AvgIpc) is 3.12. The summed E-state index contributed by atoms with van der Waals surface area (Å²) in [6.45, 7) is 0. The van der Waals surface area contributed by atoms with Crippen LogP contribution < -0.4 is 19.3 Å². The van der Waals surface area contributed by atoms with Crippen LogP contribution in [-0.2, 0) is 0 Å². The zero-order chi connectivity index (χ0) is 22.5. The van der Waals surface area contributed by atoms with Crippen molar-refractivity contribution in [2.45, 2.75) is 0 Å². The SMILES string of the molecule is COc1cccc2c1C(=O)N(c1cccc(N3c4ccccc4Oc4ccccc43)c1)C2=O. The fourth-order valence-electron chi connectivity index (χ4n) is 4.41. The van der Waals surface area contributed by atoms with Crippen LogP contribution in [0, 0.1) is 0 Å². The van der Waals surface area contributed by atoms with Gasteiger partial charge in [-0.2, -0.15) is 0 Å². The van der Waals surface area contributed by atoms with Crippen LogP contribution in [0.4, 0.5) is 22.7 Å². The number of anilines is 4. The Morgan fingerprint density at radius 2 is 1.27 bits per heavy atom. The van der Waals surface area contributed by atoms with Crippen LogP contribution in [-0.4, -0.2) is 18.9 Å². The Morgan fingerprint density at radius 1 is 0.667 bits per heavy atom. The number of para-hydroxylation sites is 4. The highest BCUT2D eigenvalue weighted by atomic mass is 16.5. The number of fused-ring (bicyclic) bond motifs is 3. The third-order valence-corrected chi connectivity index (χ3v) is 5.87. The molecule has 160 valence electrons. The topological polar surface area (TPSA) is 59.1 Å². The summed E-state index contributed by atoms with van der Waals surface area (Å²) in [7, 11) is 1.49. The second-order valence-electron chi connectivity index (χ2n) is 7.72. The minimum absolute atomic E-state index is 0.289. The van der Waals surface area contributed by atoms with Gasteiger partial charge in [0.05, 0.1) is 35.3 Å². The number of nitrogens with zero attached hydrogens (tertiary/aromatic N) is 2. The van der Waals surface area contributed by atoms with E-state index < -0.39 is 5.91 Å². The van der Waals surface area contributed by atoms with Crippen molar-refractivity contribution in [3.05, 3.63) is 102 Å². The van der Waals surface area contributed by atoms with E-state index in [-0.39, 0.29) is 11.5 Å². The van der Waals surface area contributed by atoms with Crippen LogP contribution in [0.3, 0.4) is 0 Å². The Kier molecular flexibility index (Phi) is 4.20. The minimum Gasteiger partial charge on any atom is -0.496 e. The zero-order valence-electron chi connectivity index (χ0n) is 17.7. The first-order chi connectivity index (χ1) is 16.2. The van der Waals surface area contributed by atoms with Crippen LogP contribution in [0.25, 0.3) is 0 Å². The fourth-order valence-corrected chi connectivity index (χ4v) is 4.41. The third kappa shape index (κ3) is 2.81. The summed E-state index contributed by atoms with van der Waals surface area (Å²) in [4.78, 5) is 29.7. The van der Waals surface area contributed by atoms with Gasteiger partial charge in [-0.3, -0.25) is 9.59 Å². The van der Waals surface area contributed by atoms with Gasteiger partial charge in [-0.1, -0.05) is 36.4 Å². The van der Waals surface area contributed by atoms with Crippen molar-refractivity contribution in [3.63, 3.8) is 0 Å². The maximum atomic E-state index is 13.3. The molecule has 0 radical (unpaired) electrons. The van der Waals surface area contributed by atoms with Crippen molar-refractivity contribution in [1.82, 2.24) is 0 Å². The molecule has 0 N–H and O–H groups in total. The van der Waals surface area contributed by atoms with Crippen LogP contribution in [0.2, 0.25) is 0 Å². The van der Waals surface area contributed by atoms with Crippen LogP contribution >= 0.6 is 0 Å². The highest BCUT2D eigenvalue weighted by Gasteiger charge is 2.39. The first-order valence-corrected chi connectivity index (χ1v) is 10.5. The summed E-state index contributed by atoms with van der Waals surface area (Å²) in [5.74, 6) is 1.08. The van der Waals surface area contributed by atoms with Crippen molar-refractivity contribution >= 4 is 34.6 Å². The Hall–Kier alpha value is -4.58. The number of benzene rings is 4. The number of rotatable bonds is 3. The largest absolute Gasteiger partial charge is 0.496 e. The van der Waals surface area contributed by atoms with Crippen molar-refractivity contribution in [3.8, 4) is 17.2 Å². The molecular formula is C27H18N2O4. The molecule has 6 rings (SSSR count). The zero-order valence-corrected chi connectivity index (χ0v) is 17.7. The maximum Gasteiger partial charge on any atom is 0.269 e. The van der Waals surface area contributed by atoms with Crippen molar-refractivity contribution in [2.75, 3.05) is 16.9 Å². The first-order valence-electron chi connectivity index (χ1n) is 10.5. The smallest absolute Gasteiger partial charge is 0.269 e. The summed E-state index contributed by atoms with van der Waals surface area (Å²) < 4.78 is 11.4. The summed E-state index contributed by atoms with van der Waals surface area (Å²) >= 11 is 0. The molecule has 0 unspecified atom stereocenters. The quantitative estimate of drug-likeness (QED) is 0.323. The van der Waals surface area contributed by atoms with Crippen LogP contribution in [0.1, 0.15) is 20.7 Å². The molecule has 6 nitrogen and oxygen atoms in total. The first kappa shape index (κ1) is 19.1. The number of methoxy groups -OCH3 is 1. The average molecular weight is 434 g/mol. The van der Waals surface area contributed by atoms with Gasteiger partial charge in [-0.15, -0.1) is 0 Å². The lowest BCUT2D eigenvalue weighted by Gasteiger charge is -2.33. The summed E-state index contributed by atoms with van der Waals surface area (Å²) in [5, 5.41) is 0. The van der Waals surface area contributed by atoms with Gasteiger partial charge in [0, 0.05) is 5.69 Å². The second-order valence-corrected chi connectivity index (χ2v) is 7.72. The Balaban J connectivity index is 1.48. The molecule has 2 aliphatic rings. The molecule has 2 amide bonds. The molecule has 4 aromatic carbocycles. The Morgan fingerprint density at radius 3 is 1.94 bits per heavy atom. The van der Waals surface area contributed by atoms with Gasteiger partial charge in [0.25, 0.3) is 11.8 Å². The summed E-state index contributed by atoms with van der Waals surface area (Å²) in [5.41, 5.74) is 3.67. The van der Waals surface area contributed by atoms with Crippen molar-refractivity contribution in [1.29, 1.82) is 0 Å². The number of hydrogen-bond acceptors (Lipinski definition) is 5. The Labute approximate surface area is 190 Å². The number of carbonyl (C=O) groups excluding carboxylic acids is 2. The summed E-state index contributed by atoms with van der Waals surface area (Å²) in [6.07, 6.45) is 0. The molecule has 2 aliphatic heterocycles. The molecule has 0 atom stereocenters. The standard InChI is InChI=1S/C27H18N2O4/c1-32-24-15-7-10-19-25(24)27(31)29(26(19)30)18-9-6-8-17(16-18)28-20-11-2-4-13-22(20)33-23-14-5-3-12-21(23)28/h2-16H,1H3. The second kappa shape index (κ2) is 7.24. The number of ether oxygens (including phenoxy) is 2. The van der Waals surface area contributed by atoms with Gasteiger partial charge < -0.3 is 14.4 Å². The predicted molar refractivity (Wildman–Crippen MR) is 125 cm³/mol. The van der Waals surface area contributed by atoms with Gasteiger partial charge >= 0.3 is 0 Å². The Bertz CT molecular complexity index is 1400. The molecule has 6 heteroatoms. The van der Waals surface area contributed by atoms with E-state index >= 15 is 0 Å². The van der Waals surface area contributed by atoms with E-state index in [1.54, 1.807) is 24.3 Å². The normalized spacial score (nSPS) is 13.8. The number of amides is 2. The molecular weight excluding hydrogens is 416 g/mol. The van der Waals surface area contributed by atoms with Gasteiger partial charge in [0.1, 0.15) is 5.75 Å². The molecule has 2 heterocycles. The maximum absolute atomic E-state index is 13.3. The van der Waals surface area contributed by atoms with E-state index in [2.05, 4.69) is 4.90 Å². The minimum atomic E-state index is -0.396. The van der Waals surface area contributed by atoms with E-state index in [0.717, 1.165) is 28.6 Å². The molecule has 0 spiro atoms. The molecule has 0 saturated heterocycles. The molecule has 0 bridgehead atoms. The monoisotopic (exact) mass is 434 g/mol. The molecule has 33 heavy (non-hydrogen) atoms. The highest BCUT2D eigenvalue weighted by molar-refractivity contribution is 6.35. The van der Waals surface area contributed by atoms with Crippen LogP contribution in [0.15, 0.2) is 91.0 Å². The molecule has 0 aromatic heterocycles. The molecule has 0 aliphatic carbocycles. The molecule has 0 fully saturated rings.